The zero-order chi connectivity index (χ0) is 24.1. The number of nitrogens with zero attached hydrogens (tertiary/aromatic N) is 2. The van der Waals surface area contributed by atoms with E-state index in [1.165, 1.54) is 12.3 Å². The molecular weight excluding hydrogens is 483 g/mol. The minimum absolute atomic E-state index is 0.0432. The van der Waals surface area contributed by atoms with Crippen molar-refractivity contribution in [3.8, 4) is 5.75 Å². The van der Waals surface area contributed by atoms with E-state index in [4.69, 9.17) is 36.8 Å². The molecule has 2 amide bonds. The average molecular weight is 503 g/mol. The van der Waals surface area contributed by atoms with Gasteiger partial charge in [-0.15, -0.1) is 0 Å². The van der Waals surface area contributed by atoms with E-state index >= 15 is 0 Å². The van der Waals surface area contributed by atoms with Gasteiger partial charge in [-0.05, 0) is 43.3 Å². The van der Waals surface area contributed by atoms with Crippen LogP contribution in [0.4, 0.5) is 5.69 Å². The normalized spacial score (nSPS) is 10.8. The maximum Gasteiger partial charge on any atom is 0.291 e. The molecule has 0 radical (unpaired) electrons. The summed E-state index contributed by atoms with van der Waals surface area (Å²) >= 11 is 12.1. The lowest BCUT2D eigenvalue weighted by molar-refractivity contribution is 0.0943. The number of hydrogen-bond acceptors (Lipinski definition) is 6. The van der Waals surface area contributed by atoms with Crippen molar-refractivity contribution in [2.75, 3.05) is 5.32 Å². The number of anilines is 1. The number of aryl methyl sites for hydroxylation is 1. The Hall–Kier alpha value is -3.69. The molecule has 3 heterocycles. The van der Waals surface area contributed by atoms with Crippen molar-refractivity contribution in [3.05, 3.63) is 87.9 Å². The van der Waals surface area contributed by atoms with Gasteiger partial charge in [-0.2, -0.15) is 5.10 Å². The lowest BCUT2D eigenvalue weighted by Gasteiger charge is -2.07. The molecule has 3 aromatic heterocycles. The minimum atomic E-state index is -0.539. The van der Waals surface area contributed by atoms with Crippen LogP contribution in [-0.4, -0.2) is 21.6 Å². The molecule has 0 unspecified atom stereocenters. The van der Waals surface area contributed by atoms with Crippen LogP contribution < -0.4 is 15.4 Å². The van der Waals surface area contributed by atoms with Crippen LogP contribution in [0.5, 0.6) is 5.75 Å². The Morgan fingerprint density at radius 3 is 2.71 bits per heavy atom. The summed E-state index contributed by atoms with van der Waals surface area (Å²) in [6.45, 7) is 2.62. The van der Waals surface area contributed by atoms with E-state index in [-0.39, 0.29) is 30.3 Å². The van der Waals surface area contributed by atoms with Crippen molar-refractivity contribution in [3.63, 3.8) is 0 Å². The first-order valence-electron chi connectivity index (χ1n) is 10.3. The maximum atomic E-state index is 12.7. The predicted octanol–water partition coefficient (Wildman–Crippen LogP) is 5.16. The zero-order valence-electron chi connectivity index (χ0n) is 18.0. The van der Waals surface area contributed by atoms with Gasteiger partial charge in [-0.3, -0.25) is 14.3 Å². The summed E-state index contributed by atoms with van der Waals surface area (Å²) in [5.41, 5.74) is 0.330. The molecule has 4 rings (SSSR count). The van der Waals surface area contributed by atoms with Crippen LogP contribution >= 0.6 is 23.2 Å². The zero-order valence-corrected chi connectivity index (χ0v) is 19.5. The fourth-order valence-electron chi connectivity index (χ4n) is 3.01. The van der Waals surface area contributed by atoms with E-state index in [1.54, 1.807) is 47.3 Å². The molecule has 2 N–H and O–H groups in total. The Bertz CT molecular complexity index is 1300. The molecule has 4 aromatic rings. The number of benzene rings is 1. The van der Waals surface area contributed by atoms with Gasteiger partial charge in [0.15, 0.2) is 11.5 Å². The van der Waals surface area contributed by atoms with E-state index in [2.05, 4.69) is 15.7 Å². The Morgan fingerprint density at radius 1 is 1.09 bits per heavy atom. The van der Waals surface area contributed by atoms with Gasteiger partial charge < -0.3 is 24.2 Å². The van der Waals surface area contributed by atoms with Crippen molar-refractivity contribution in [1.29, 1.82) is 0 Å². The minimum Gasteiger partial charge on any atom is -0.484 e. The topological polar surface area (TPSA) is 112 Å². The summed E-state index contributed by atoms with van der Waals surface area (Å²) in [7, 11) is 0. The Morgan fingerprint density at radius 2 is 1.94 bits per heavy atom. The molecule has 0 aliphatic carbocycles. The van der Waals surface area contributed by atoms with E-state index in [0.717, 1.165) is 0 Å². The smallest absolute Gasteiger partial charge is 0.291 e. The fraction of sp³-hybridized carbons (Fsp3) is 0.174. The highest BCUT2D eigenvalue weighted by Crippen LogP contribution is 2.32. The van der Waals surface area contributed by atoms with Crippen LogP contribution in [0.3, 0.4) is 0 Å². The number of aromatic nitrogens is 2. The number of ether oxygens (including phenoxy) is 1. The first kappa shape index (κ1) is 23.5. The van der Waals surface area contributed by atoms with Crippen molar-refractivity contribution >= 4 is 40.7 Å². The number of carbonyl (C=O) groups excluding carboxylic acids is 2. The van der Waals surface area contributed by atoms with Crippen LogP contribution in [0.1, 0.15) is 39.5 Å². The van der Waals surface area contributed by atoms with Gasteiger partial charge in [-0.25, -0.2) is 0 Å². The number of hydrogen-bond donors (Lipinski definition) is 2. The third-order valence-corrected chi connectivity index (χ3v) is 5.53. The third-order valence-electron chi connectivity index (χ3n) is 4.72. The summed E-state index contributed by atoms with van der Waals surface area (Å²) in [4.78, 5) is 25.4. The number of nitrogens with one attached hydrogen (secondary N) is 2. The van der Waals surface area contributed by atoms with Crippen molar-refractivity contribution in [2.24, 2.45) is 0 Å². The molecule has 9 nitrogen and oxygen atoms in total. The van der Waals surface area contributed by atoms with Gasteiger partial charge in [0.2, 0.25) is 0 Å². The summed E-state index contributed by atoms with van der Waals surface area (Å²) in [6, 6.07) is 11.6. The molecule has 1 aromatic carbocycles. The van der Waals surface area contributed by atoms with E-state index in [0.29, 0.717) is 33.9 Å². The number of halogens is 2. The number of rotatable bonds is 9. The molecule has 0 spiro atoms. The van der Waals surface area contributed by atoms with Gasteiger partial charge in [-0.1, -0.05) is 29.3 Å². The highest BCUT2D eigenvalue weighted by molar-refractivity contribution is 6.42. The molecule has 34 heavy (non-hydrogen) atoms. The number of furan rings is 2. The monoisotopic (exact) mass is 502 g/mol. The first-order valence-corrected chi connectivity index (χ1v) is 11.0. The summed E-state index contributed by atoms with van der Waals surface area (Å²) in [6.07, 6.45) is 3.10. The highest BCUT2D eigenvalue weighted by atomic mass is 35.5. The van der Waals surface area contributed by atoms with E-state index < -0.39 is 11.8 Å². The molecule has 0 fully saturated rings. The Labute approximate surface area is 204 Å². The third kappa shape index (κ3) is 5.44. The van der Waals surface area contributed by atoms with Crippen LogP contribution in [-0.2, 0) is 19.7 Å². The number of amides is 2. The van der Waals surface area contributed by atoms with Crippen LogP contribution in [0.25, 0.3) is 0 Å². The van der Waals surface area contributed by atoms with Crippen molar-refractivity contribution in [1.82, 2.24) is 15.1 Å². The van der Waals surface area contributed by atoms with Gasteiger partial charge in [0.1, 0.15) is 28.9 Å². The molecule has 0 atom stereocenters. The van der Waals surface area contributed by atoms with E-state index in [1.807, 2.05) is 6.92 Å². The van der Waals surface area contributed by atoms with Crippen LogP contribution in [0.2, 0.25) is 10.0 Å². The van der Waals surface area contributed by atoms with Gasteiger partial charge in [0.25, 0.3) is 11.8 Å². The Balaban J connectivity index is 1.41. The average Bonchev–Trinajstić information content (AvgIpc) is 3.59. The second-order valence-electron chi connectivity index (χ2n) is 7.07. The maximum absolute atomic E-state index is 12.7. The standard InChI is InChI=1S/C23H20Cl2N4O5/c1-2-29-12-17(21(28-29)23(31)26-11-14-5-4-10-32-14)27-22(30)19-9-8-15(34-19)13-33-18-7-3-6-16(24)20(18)25/h3-10,12H,2,11,13H2,1H3,(H,26,31)(H,27,30). The first-order chi connectivity index (χ1) is 16.4. The Kier molecular flexibility index (Phi) is 7.24. The summed E-state index contributed by atoms with van der Waals surface area (Å²) in [5, 5.41) is 10.3. The predicted molar refractivity (Wildman–Crippen MR) is 125 cm³/mol. The summed E-state index contributed by atoms with van der Waals surface area (Å²) in [5.74, 6) is 0.449. The van der Waals surface area contributed by atoms with Crippen molar-refractivity contribution < 1.29 is 23.2 Å². The lowest BCUT2D eigenvalue weighted by Crippen LogP contribution is -2.25. The summed E-state index contributed by atoms with van der Waals surface area (Å²) < 4.78 is 18.0. The molecule has 0 saturated heterocycles. The molecule has 0 saturated carbocycles. The molecule has 0 aliphatic rings. The molecule has 11 heteroatoms. The molecule has 0 aliphatic heterocycles. The lowest BCUT2D eigenvalue weighted by atomic mass is 10.3. The fourth-order valence-corrected chi connectivity index (χ4v) is 3.36. The highest BCUT2D eigenvalue weighted by Gasteiger charge is 2.21. The van der Waals surface area contributed by atoms with Crippen LogP contribution in [0, 0.1) is 0 Å². The quantitative estimate of drug-likeness (QED) is 0.327. The van der Waals surface area contributed by atoms with Crippen LogP contribution in [0.15, 0.2) is 63.8 Å². The molecule has 176 valence electrons. The molecule has 0 bridgehead atoms. The van der Waals surface area contributed by atoms with Gasteiger partial charge in [0.05, 0.1) is 23.5 Å². The van der Waals surface area contributed by atoms with Gasteiger partial charge in [0, 0.05) is 12.7 Å². The number of carbonyl (C=O) groups is 2. The van der Waals surface area contributed by atoms with Gasteiger partial charge >= 0.3 is 0 Å². The second-order valence-corrected chi connectivity index (χ2v) is 7.85. The second kappa shape index (κ2) is 10.5. The SMILES string of the molecule is CCn1cc(NC(=O)c2ccc(COc3cccc(Cl)c3Cl)o2)c(C(=O)NCc2ccco2)n1. The largest absolute Gasteiger partial charge is 0.484 e. The van der Waals surface area contributed by atoms with E-state index in [9.17, 15) is 9.59 Å². The van der Waals surface area contributed by atoms with Crippen molar-refractivity contribution in [2.45, 2.75) is 26.6 Å². The molecular formula is C23H20Cl2N4O5.